The number of nitrogens with one attached hydrogen (secondary N) is 1. The van der Waals surface area contributed by atoms with Crippen LogP contribution < -0.4 is 5.32 Å². The highest BCUT2D eigenvalue weighted by Gasteiger charge is 2.09. The molecular formula is C16H15N3O. The second kappa shape index (κ2) is 5.17. The van der Waals surface area contributed by atoms with Gasteiger partial charge in [-0.05, 0) is 30.2 Å². The standard InChI is InChI=1S/C16H15N3O/c1-2-12-7-9-14(10-8-12)18-16(20)19-15-6-4-3-5-13(15)11-17-19/h3-11H,2H2,1H3,(H,18,20). The predicted octanol–water partition coefficient (Wildman–Crippen LogP) is 3.68. The highest BCUT2D eigenvalue weighted by atomic mass is 16.2. The summed E-state index contributed by atoms with van der Waals surface area (Å²) in [6.45, 7) is 2.10. The molecule has 1 aromatic heterocycles. The van der Waals surface area contributed by atoms with E-state index in [0.717, 1.165) is 23.0 Å². The smallest absolute Gasteiger partial charge is 0.306 e. The lowest BCUT2D eigenvalue weighted by molar-refractivity contribution is 0.252. The van der Waals surface area contributed by atoms with Crippen molar-refractivity contribution in [1.29, 1.82) is 0 Å². The van der Waals surface area contributed by atoms with Gasteiger partial charge in [-0.3, -0.25) is 0 Å². The summed E-state index contributed by atoms with van der Waals surface area (Å²) >= 11 is 0. The number of fused-ring (bicyclic) bond motifs is 1. The molecule has 4 nitrogen and oxygen atoms in total. The molecule has 2 aromatic carbocycles. The van der Waals surface area contributed by atoms with E-state index in [4.69, 9.17) is 0 Å². The van der Waals surface area contributed by atoms with Crippen molar-refractivity contribution in [3.8, 4) is 0 Å². The lowest BCUT2D eigenvalue weighted by Crippen LogP contribution is -2.20. The number of carbonyl (C=O) groups is 1. The van der Waals surface area contributed by atoms with Crippen LogP contribution >= 0.6 is 0 Å². The third kappa shape index (κ3) is 2.28. The maximum absolute atomic E-state index is 12.2. The number of benzene rings is 2. The summed E-state index contributed by atoms with van der Waals surface area (Å²) in [5.74, 6) is 0. The molecule has 0 atom stereocenters. The van der Waals surface area contributed by atoms with Crippen molar-refractivity contribution < 1.29 is 4.79 Å². The molecule has 1 amide bonds. The van der Waals surface area contributed by atoms with E-state index in [1.165, 1.54) is 10.2 Å². The Morgan fingerprint density at radius 3 is 2.65 bits per heavy atom. The molecule has 0 aliphatic carbocycles. The van der Waals surface area contributed by atoms with Crippen LogP contribution in [0.1, 0.15) is 12.5 Å². The lowest BCUT2D eigenvalue weighted by atomic mass is 10.1. The molecule has 3 rings (SSSR count). The van der Waals surface area contributed by atoms with E-state index in [9.17, 15) is 4.79 Å². The maximum Gasteiger partial charge on any atom is 0.347 e. The van der Waals surface area contributed by atoms with E-state index in [0.29, 0.717) is 0 Å². The second-order valence-corrected chi connectivity index (χ2v) is 4.60. The van der Waals surface area contributed by atoms with Crippen molar-refractivity contribution >= 4 is 22.6 Å². The molecule has 1 heterocycles. The van der Waals surface area contributed by atoms with Gasteiger partial charge in [0.25, 0.3) is 0 Å². The Kier molecular flexibility index (Phi) is 3.21. The number of anilines is 1. The SMILES string of the molecule is CCc1ccc(NC(=O)n2ncc3ccccc32)cc1. The van der Waals surface area contributed by atoms with Crippen molar-refractivity contribution in [3.05, 3.63) is 60.3 Å². The topological polar surface area (TPSA) is 46.9 Å². The van der Waals surface area contributed by atoms with Crippen molar-refractivity contribution in [3.63, 3.8) is 0 Å². The molecule has 0 bridgehead atoms. The number of nitrogens with zero attached hydrogens (tertiary/aromatic N) is 2. The summed E-state index contributed by atoms with van der Waals surface area (Å²) in [4.78, 5) is 12.2. The predicted molar refractivity (Wildman–Crippen MR) is 80.0 cm³/mol. The fourth-order valence-electron chi connectivity index (χ4n) is 2.13. The van der Waals surface area contributed by atoms with Crippen LogP contribution in [0.5, 0.6) is 0 Å². The molecule has 0 aliphatic heterocycles. The third-order valence-corrected chi connectivity index (χ3v) is 3.28. The van der Waals surface area contributed by atoms with Gasteiger partial charge in [-0.1, -0.05) is 37.3 Å². The first-order valence-corrected chi connectivity index (χ1v) is 6.61. The Bertz CT molecular complexity index is 744. The molecular weight excluding hydrogens is 250 g/mol. The Morgan fingerprint density at radius 1 is 1.15 bits per heavy atom. The highest BCUT2D eigenvalue weighted by Crippen LogP contribution is 2.14. The first-order valence-electron chi connectivity index (χ1n) is 6.61. The molecule has 4 heteroatoms. The Hall–Kier alpha value is -2.62. The lowest BCUT2D eigenvalue weighted by Gasteiger charge is -2.06. The molecule has 0 aliphatic rings. The van der Waals surface area contributed by atoms with Crippen molar-refractivity contribution in [2.24, 2.45) is 0 Å². The Balaban J connectivity index is 1.85. The van der Waals surface area contributed by atoms with Crippen LogP contribution in [0.3, 0.4) is 0 Å². The van der Waals surface area contributed by atoms with Gasteiger partial charge in [0, 0.05) is 11.1 Å². The molecule has 0 fully saturated rings. The van der Waals surface area contributed by atoms with Gasteiger partial charge in [0.2, 0.25) is 0 Å². The highest BCUT2D eigenvalue weighted by molar-refractivity contribution is 5.97. The number of hydrogen-bond donors (Lipinski definition) is 1. The summed E-state index contributed by atoms with van der Waals surface area (Å²) in [6, 6.07) is 15.2. The number of carbonyl (C=O) groups excluding carboxylic acids is 1. The zero-order chi connectivity index (χ0) is 13.9. The average Bonchev–Trinajstić information content (AvgIpc) is 2.92. The Morgan fingerprint density at radius 2 is 1.90 bits per heavy atom. The van der Waals surface area contributed by atoms with E-state index < -0.39 is 0 Å². The van der Waals surface area contributed by atoms with Crippen LogP contribution in [0, 0.1) is 0 Å². The van der Waals surface area contributed by atoms with Gasteiger partial charge in [0.15, 0.2) is 0 Å². The van der Waals surface area contributed by atoms with Gasteiger partial charge in [-0.25, -0.2) is 4.79 Å². The summed E-state index contributed by atoms with van der Waals surface area (Å²) in [5, 5.41) is 7.93. The summed E-state index contributed by atoms with van der Waals surface area (Å²) in [6.07, 6.45) is 2.67. The van der Waals surface area contributed by atoms with Crippen LogP contribution in [0.4, 0.5) is 10.5 Å². The zero-order valence-electron chi connectivity index (χ0n) is 11.2. The average molecular weight is 265 g/mol. The molecule has 0 saturated carbocycles. The zero-order valence-corrected chi connectivity index (χ0v) is 11.2. The molecule has 100 valence electrons. The van der Waals surface area contributed by atoms with Crippen LogP contribution in [0.2, 0.25) is 0 Å². The minimum Gasteiger partial charge on any atom is -0.306 e. The molecule has 20 heavy (non-hydrogen) atoms. The Labute approximate surface area is 117 Å². The van der Waals surface area contributed by atoms with Gasteiger partial charge in [0.05, 0.1) is 11.7 Å². The minimum absolute atomic E-state index is 0.254. The first-order chi connectivity index (χ1) is 9.78. The maximum atomic E-state index is 12.2. The quantitative estimate of drug-likeness (QED) is 0.768. The van der Waals surface area contributed by atoms with Crippen molar-refractivity contribution in [2.45, 2.75) is 13.3 Å². The van der Waals surface area contributed by atoms with Crippen LogP contribution in [0.25, 0.3) is 10.9 Å². The van der Waals surface area contributed by atoms with E-state index in [-0.39, 0.29) is 6.03 Å². The molecule has 3 aromatic rings. The number of amides is 1. The second-order valence-electron chi connectivity index (χ2n) is 4.60. The van der Waals surface area contributed by atoms with Crippen molar-refractivity contribution in [2.75, 3.05) is 5.32 Å². The molecule has 0 spiro atoms. The summed E-state index contributed by atoms with van der Waals surface area (Å²) in [7, 11) is 0. The van der Waals surface area contributed by atoms with Gasteiger partial charge in [-0.2, -0.15) is 9.78 Å². The number of rotatable bonds is 2. The molecule has 0 saturated heterocycles. The minimum atomic E-state index is -0.254. The van der Waals surface area contributed by atoms with Gasteiger partial charge >= 0.3 is 6.03 Å². The number of aromatic nitrogens is 2. The van der Waals surface area contributed by atoms with Gasteiger partial charge in [-0.15, -0.1) is 0 Å². The molecule has 1 N–H and O–H groups in total. The molecule has 0 radical (unpaired) electrons. The fourth-order valence-corrected chi connectivity index (χ4v) is 2.13. The molecule has 0 unspecified atom stereocenters. The number of hydrogen-bond acceptors (Lipinski definition) is 2. The van der Waals surface area contributed by atoms with Crippen LogP contribution in [-0.2, 0) is 6.42 Å². The monoisotopic (exact) mass is 265 g/mol. The third-order valence-electron chi connectivity index (χ3n) is 3.28. The number of aryl methyl sites for hydroxylation is 1. The van der Waals surface area contributed by atoms with E-state index >= 15 is 0 Å². The summed E-state index contributed by atoms with van der Waals surface area (Å²) < 4.78 is 1.38. The van der Waals surface area contributed by atoms with Crippen LogP contribution in [0.15, 0.2) is 54.7 Å². The van der Waals surface area contributed by atoms with Crippen molar-refractivity contribution in [1.82, 2.24) is 9.78 Å². The normalized spacial score (nSPS) is 10.7. The van der Waals surface area contributed by atoms with E-state index in [1.54, 1.807) is 6.20 Å². The largest absolute Gasteiger partial charge is 0.347 e. The summed E-state index contributed by atoms with van der Waals surface area (Å²) in [5.41, 5.74) is 2.81. The number of para-hydroxylation sites is 1. The van der Waals surface area contributed by atoms with E-state index in [2.05, 4.69) is 17.3 Å². The fraction of sp³-hybridized carbons (Fsp3) is 0.125. The van der Waals surface area contributed by atoms with Gasteiger partial charge in [0.1, 0.15) is 0 Å². The van der Waals surface area contributed by atoms with Crippen LogP contribution in [-0.4, -0.2) is 15.8 Å². The van der Waals surface area contributed by atoms with Gasteiger partial charge < -0.3 is 5.32 Å². The van der Waals surface area contributed by atoms with E-state index in [1.807, 2.05) is 48.5 Å². The first kappa shape index (κ1) is 12.4.